The van der Waals surface area contributed by atoms with Gasteiger partial charge >= 0.3 is 0 Å². The number of carbonyl (C=O) groups is 1. The molecule has 2 N–H and O–H groups in total. The van der Waals surface area contributed by atoms with Crippen LogP contribution in [0.15, 0.2) is 23.6 Å². The molecule has 5 nitrogen and oxygen atoms in total. The van der Waals surface area contributed by atoms with Gasteiger partial charge in [-0.05, 0) is 37.6 Å². The third-order valence-corrected chi connectivity index (χ3v) is 4.90. The van der Waals surface area contributed by atoms with Crippen LogP contribution < -0.4 is 15.4 Å². The van der Waals surface area contributed by atoms with Crippen molar-refractivity contribution < 1.29 is 9.53 Å². The molecule has 1 aromatic heterocycles. The molecule has 1 aliphatic heterocycles. The molecule has 24 heavy (non-hydrogen) atoms. The van der Waals surface area contributed by atoms with Crippen molar-refractivity contribution in [2.24, 2.45) is 5.92 Å². The van der Waals surface area contributed by atoms with Gasteiger partial charge in [-0.25, -0.2) is 4.98 Å². The summed E-state index contributed by atoms with van der Waals surface area (Å²) in [5.41, 5.74) is 1.68. The fourth-order valence-electron chi connectivity index (χ4n) is 2.57. The van der Waals surface area contributed by atoms with Crippen LogP contribution in [-0.4, -0.2) is 31.1 Å². The minimum Gasteiger partial charge on any atom is -0.495 e. The molecule has 1 fully saturated rings. The van der Waals surface area contributed by atoms with Crippen LogP contribution in [0.1, 0.15) is 12.8 Å². The second-order valence-electron chi connectivity index (χ2n) is 5.42. The molecule has 1 amide bonds. The van der Waals surface area contributed by atoms with Crippen LogP contribution in [0, 0.1) is 5.92 Å². The maximum atomic E-state index is 12.2. The lowest BCUT2D eigenvalue weighted by Gasteiger charge is -2.21. The number of hydrogen-bond acceptors (Lipinski definition) is 5. The third kappa shape index (κ3) is 4.39. The van der Waals surface area contributed by atoms with Gasteiger partial charge in [0.2, 0.25) is 5.91 Å². The predicted octanol–water partition coefficient (Wildman–Crippen LogP) is 3.83. The molecular formula is C16H19Cl2N3O2S. The molecule has 1 unspecified atom stereocenters. The summed E-state index contributed by atoms with van der Waals surface area (Å²) in [6.45, 7) is 1.72. The van der Waals surface area contributed by atoms with Crippen molar-refractivity contribution in [2.45, 2.75) is 12.8 Å². The molecule has 0 spiro atoms. The highest BCUT2D eigenvalue weighted by Crippen LogP contribution is 2.31. The molecule has 1 aromatic carbocycles. The Morgan fingerprint density at radius 3 is 3.00 bits per heavy atom. The molecule has 1 saturated heterocycles. The predicted molar refractivity (Wildman–Crippen MR) is 101 cm³/mol. The number of rotatable bonds is 4. The van der Waals surface area contributed by atoms with E-state index < -0.39 is 0 Å². The molecule has 0 aliphatic carbocycles. The first kappa shape index (κ1) is 19.0. The monoisotopic (exact) mass is 387 g/mol. The van der Waals surface area contributed by atoms with E-state index in [-0.39, 0.29) is 24.2 Å². The fourth-order valence-corrected chi connectivity index (χ4v) is 3.55. The highest BCUT2D eigenvalue weighted by atomic mass is 35.5. The number of hydrogen-bond donors (Lipinski definition) is 2. The summed E-state index contributed by atoms with van der Waals surface area (Å²) in [7, 11) is 1.58. The Morgan fingerprint density at radius 2 is 2.33 bits per heavy atom. The number of nitrogens with zero attached hydrogens (tertiary/aromatic N) is 1. The topological polar surface area (TPSA) is 63.2 Å². The fraction of sp³-hybridized carbons (Fsp3) is 0.375. The van der Waals surface area contributed by atoms with Crippen LogP contribution in [0.2, 0.25) is 5.02 Å². The molecule has 8 heteroatoms. The Labute approximate surface area is 156 Å². The van der Waals surface area contributed by atoms with Crippen LogP contribution in [0.5, 0.6) is 5.75 Å². The van der Waals surface area contributed by atoms with Gasteiger partial charge in [0.1, 0.15) is 5.75 Å². The summed E-state index contributed by atoms with van der Waals surface area (Å²) >= 11 is 7.56. The van der Waals surface area contributed by atoms with E-state index in [4.69, 9.17) is 16.3 Å². The Kier molecular flexibility index (Phi) is 6.86. The molecule has 2 heterocycles. The minimum absolute atomic E-state index is 0. The number of anilines is 1. The van der Waals surface area contributed by atoms with Crippen LogP contribution in [-0.2, 0) is 4.79 Å². The Hall–Kier alpha value is -1.34. The maximum absolute atomic E-state index is 12.2. The number of ether oxygens (including phenoxy) is 1. The van der Waals surface area contributed by atoms with Crippen molar-refractivity contribution in [1.29, 1.82) is 0 Å². The van der Waals surface area contributed by atoms with Gasteiger partial charge in [0.05, 0.1) is 23.7 Å². The number of methoxy groups -OCH3 is 1. The number of piperidine rings is 1. The largest absolute Gasteiger partial charge is 0.495 e. The highest BCUT2D eigenvalue weighted by molar-refractivity contribution is 7.14. The van der Waals surface area contributed by atoms with Gasteiger partial charge in [-0.1, -0.05) is 11.6 Å². The Morgan fingerprint density at radius 1 is 1.50 bits per heavy atom. The van der Waals surface area contributed by atoms with Gasteiger partial charge in [-0.2, -0.15) is 0 Å². The van der Waals surface area contributed by atoms with Gasteiger partial charge < -0.3 is 15.4 Å². The molecular weight excluding hydrogens is 369 g/mol. The van der Waals surface area contributed by atoms with Crippen LogP contribution in [0.25, 0.3) is 11.3 Å². The van der Waals surface area contributed by atoms with Crippen molar-refractivity contribution in [3.05, 3.63) is 28.6 Å². The van der Waals surface area contributed by atoms with Gasteiger partial charge in [0, 0.05) is 17.5 Å². The van der Waals surface area contributed by atoms with Crippen molar-refractivity contribution in [3.63, 3.8) is 0 Å². The van der Waals surface area contributed by atoms with E-state index in [9.17, 15) is 4.79 Å². The Bertz CT molecular complexity index is 702. The number of amides is 1. The number of thiazole rings is 1. The van der Waals surface area contributed by atoms with Crippen LogP contribution in [0.3, 0.4) is 0 Å². The highest BCUT2D eigenvalue weighted by Gasteiger charge is 2.21. The first-order valence-corrected chi connectivity index (χ1v) is 8.74. The molecule has 0 bridgehead atoms. The van der Waals surface area contributed by atoms with Crippen molar-refractivity contribution in [1.82, 2.24) is 10.3 Å². The van der Waals surface area contributed by atoms with Crippen LogP contribution >= 0.6 is 35.3 Å². The molecule has 130 valence electrons. The molecule has 0 saturated carbocycles. The molecule has 2 aromatic rings. The third-order valence-electron chi connectivity index (χ3n) is 3.85. The van der Waals surface area contributed by atoms with E-state index in [1.165, 1.54) is 11.3 Å². The number of aromatic nitrogens is 1. The van der Waals surface area contributed by atoms with E-state index in [0.717, 1.165) is 37.2 Å². The number of benzene rings is 1. The zero-order chi connectivity index (χ0) is 16.2. The van der Waals surface area contributed by atoms with Gasteiger partial charge in [0.15, 0.2) is 5.13 Å². The van der Waals surface area contributed by atoms with E-state index in [1.54, 1.807) is 7.11 Å². The second kappa shape index (κ2) is 8.67. The average Bonchev–Trinajstić information content (AvgIpc) is 3.04. The lowest BCUT2D eigenvalue weighted by atomic mass is 9.99. The number of halogens is 2. The van der Waals surface area contributed by atoms with E-state index in [1.807, 2.05) is 23.6 Å². The summed E-state index contributed by atoms with van der Waals surface area (Å²) in [6, 6.07) is 5.52. The zero-order valence-electron chi connectivity index (χ0n) is 13.2. The quantitative estimate of drug-likeness (QED) is 0.836. The normalized spacial score (nSPS) is 17.0. The summed E-state index contributed by atoms with van der Waals surface area (Å²) in [6.07, 6.45) is 1.96. The van der Waals surface area contributed by atoms with E-state index >= 15 is 0 Å². The average molecular weight is 388 g/mol. The summed E-state index contributed by atoms with van der Waals surface area (Å²) in [5, 5.41) is 9.22. The molecule has 3 rings (SSSR count). The smallest absolute Gasteiger partial charge is 0.230 e. The van der Waals surface area contributed by atoms with E-state index in [0.29, 0.717) is 15.9 Å². The minimum atomic E-state index is 0. The SMILES string of the molecule is COc1ccc(-c2csc(NC(=O)C3CCCNC3)n2)cc1Cl.Cl. The summed E-state index contributed by atoms with van der Waals surface area (Å²) < 4.78 is 5.15. The number of nitrogens with one attached hydrogen (secondary N) is 2. The second-order valence-corrected chi connectivity index (χ2v) is 6.69. The van der Waals surface area contributed by atoms with Gasteiger partial charge in [-0.3, -0.25) is 4.79 Å². The van der Waals surface area contributed by atoms with E-state index in [2.05, 4.69) is 15.6 Å². The molecule has 0 radical (unpaired) electrons. The first-order valence-electron chi connectivity index (χ1n) is 7.48. The number of carbonyl (C=O) groups excluding carboxylic acids is 1. The first-order chi connectivity index (χ1) is 11.2. The summed E-state index contributed by atoms with van der Waals surface area (Å²) in [5.74, 6) is 0.682. The van der Waals surface area contributed by atoms with Gasteiger partial charge in [-0.15, -0.1) is 23.7 Å². The maximum Gasteiger partial charge on any atom is 0.230 e. The standard InChI is InChI=1S/C16H18ClN3O2S.ClH/c1-22-14-5-4-10(7-12(14)17)13-9-23-16(19-13)20-15(21)11-3-2-6-18-8-11;/h4-5,7,9,11,18H,2-3,6,8H2,1H3,(H,19,20,21);1H. The molecule has 1 atom stereocenters. The van der Waals surface area contributed by atoms with Gasteiger partial charge in [0.25, 0.3) is 0 Å². The molecule has 1 aliphatic rings. The zero-order valence-corrected chi connectivity index (χ0v) is 15.6. The Balaban J connectivity index is 0.00000208. The van der Waals surface area contributed by atoms with Crippen molar-refractivity contribution in [2.75, 3.05) is 25.5 Å². The lowest BCUT2D eigenvalue weighted by Crippen LogP contribution is -2.37. The summed E-state index contributed by atoms with van der Waals surface area (Å²) in [4.78, 5) is 16.7. The van der Waals surface area contributed by atoms with Crippen LogP contribution in [0.4, 0.5) is 5.13 Å². The lowest BCUT2D eigenvalue weighted by molar-refractivity contribution is -0.120. The van der Waals surface area contributed by atoms with Crippen molar-refractivity contribution in [3.8, 4) is 17.0 Å². The van der Waals surface area contributed by atoms with Crippen molar-refractivity contribution >= 4 is 46.4 Å².